The molecule has 2 aromatic carbocycles. The van der Waals surface area contributed by atoms with Crippen molar-refractivity contribution in [2.45, 2.75) is 13.3 Å². The van der Waals surface area contributed by atoms with Gasteiger partial charge in [0.25, 0.3) is 0 Å². The van der Waals surface area contributed by atoms with E-state index in [1.54, 1.807) is 6.07 Å². The Kier molecular flexibility index (Phi) is 5.63. The van der Waals surface area contributed by atoms with E-state index >= 15 is 0 Å². The molecule has 22 heavy (non-hydrogen) atoms. The number of carbonyl (C=O) groups excluding carboxylic acids is 1. The molecule has 2 aromatic rings. The van der Waals surface area contributed by atoms with Crippen LogP contribution in [0.5, 0.6) is 11.5 Å². The van der Waals surface area contributed by atoms with Crippen molar-refractivity contribution < 1.29 is 14.3 Å². The van der Waals surface area contributed by atoms with Gasteiger partial charge in [-0.25, -0.2) is 10.6 Å². The number of benzene rings is 2. The molecule has 2 rings (SSSR count). The van der Waals surface area contributed by atoms with E-state index in [1.807, 2.05) is 48.7 Å². The second kappa shape index (κ2) is 7.68. The molecule has 0 unspecified atom stereocenters. The van der Waals surface area contributed by atoms with Crippen LogP contribution in [0.25, 0.3) is 0 Å². The summed E-state index contributed by atoms with van der Waals surface area (Å²) in [6.07, 6.45) is -0.0412. The van der Waals surface area contributed by atoms with Crippen molar-refractivity contribution in [2.24, 2.45) is 5.84 Å². The topological polar surface area (TPSA) is 73.6 Å². The van der Waals surface area contributed by atoms with Crippen LogP contribution in [0.2, 0.25) is 5.02 Å². The van der Waals surface area contributed by atoms with E-state index in [-0.39, 0.29) is 6.61 Å². The molecular weight excluding hydrogens is 304 g/mol. The number of hydrogen-bond donors (Lipinski definition) is 2. The third kappa shape index (κ3) is 4.65. The molecule has 0 aliphatic carbocycles. The van der Waals surface area contributed by atoms with Gasteiger partial charge in [-0.3, -0.25) is 5.43 Å². The number of nitrogens with one attached hydrogen (secondary N) is 1. The largest absolute Gasteiger partial charge is 0.457 e. The van der Waals surface area contributed by atoms with Crippen molar-refractivity contribution in [3.05, 3.63) is 58.6 Å². The minimum atomic E-state index is -0.642. The molecule has 0 aliphatic heterocycles. The second-order valence-corrected chi connectivity index (χ2v) is 5.09. The van der Waals surface area contributed by atoms with E-state index in [2.05, 4.69) is 0 Å². The lowest BCUT2D eigenvalue weighted by molar-refractivity contribution is 0.147. The number of rotatable bonds is 5. The first-order chi connectivity index (χ1) is 10.6. The Hall–Kier alpha value is -2.24. The van der Waals surface area contributed by atoms with E-state index < -0.39 is 6.09 Å². The lowest BCUT2D eigenvalue weighted by Gasteiger charge is -2.08. The summed E-state index contributed by atoms with van der Waals surface area (Å²) in [4.78, 5) is 10.8. The molecule has 0 bridgehead atoms. The van der Waals surface area contributed by atoms with Crippen molar-refractivity contribution in [3.8, 4) is 11.5 Å². The van der Waals surface area contributed by atoms with Gasteiger partial charge in [0.05, 0.1) is 6.61 Å². The summed E-state index contributed by atoms with van der Waals surface area (Å²) >= 11 is 6.06. The predicted molar refractivity (Wildman–Crippen MR) is 85.1 cm³/mol. The summed E-state index contributed by atoms with van der Waals surface area (Å²) in [6.45, 7) is 2.20. The monoisotopic (exact) mass is 320 g/mol. The van der Waals surface area contributed by atoms with E-state index in [0.29, 0.717) is 22.9 Å². The molecule has 0 aliphatic rings. The standard InChI is InChI=1S/C16H17ClN2O3/c1-11-2-5-14(10-15(11)17)22-13-6-3-12(4-7-13)8-9-21-16(20)19-18/h2-7,10H,8-9,18H2,1H3,(H,19,20). The first-order valence-corrected chi connectivity index (χ1v) is 7.12. The number of aryl methyl sites for hydroxylation is 1. The molecule has 0 fully saturated rings. The summed E-state index contributed by atoms with van der Waals surface area (Å²) in [6, 6.07) is 13.1. The molecule has 3 N–H and O–H groups in total. The van der Waals surface area contributed by atoms with Crippen LogP contribution in [0, 0.1) is 6.92 Å². The maximum atomic E-state index is 10.8. The molecule has 0 saturated heterocycles. The number of amides is 1. The van der Waals surface area contributed by atoms with Crippen LogP contribution in [0.15, 0.2) is 42.5 Å². The smallest absolute Gasteiger partial charge is 0.421 e. The Labute approximate surface area is 134 Å². The van der Waals surface area contributed by atoms with Gasteiger partial charge in [-0.2, -0.15) is 0 Å². The molecule has 0 saturated carbocycles. The van der Waals surface area contributed by atoms with Crippen molar-refractivity contribution in [3.63, 3.8) is 0 Å². The van der Waals surface area contributed by atoms with Crippen LogP contribution >= 0.6 is 11.6 Å². The minimum Gasteiger partial charge on any atom is -0.457 e. The quantitative estimate of drug-likeness (QED) is 0.501. The fourth-order valence-corrected chi connectivity index (χ4v) is 1.97. The molecule has 0 radical (unpaired) electrons. The summed E-state index contributed by atoms with van der Waals surface area (Å²) in [5, 5.41) is 0.671. The average molecular weight is 321 g/mol. The zero-order valence-electron chi connectivity index (χ0n) is 12.1. The molecule has 5 nitrogen and oxygen atoms in total. The van der Waals surface area contributed by atoms with Crippen LogP contribution in [-0.4, -0.2) is 12.7 Å². The van der Waals surface area contributed by atoms with Crippen LogP contribution in [-0.2, 0) is 11.2 Å². The molecule has 0 spiro atoms. The Morgan fingerprint density at radius 1 is 1.18 bits per heavy atom. The molecule has 0 aromatic heterocycles. The van der Waals surface area contributed by atoms with Crippen molar-refractivity contribution in [1.82, 2.24) is 5.43 Å². The van der Waals surface area contributed by atoms with Crippen molar-refractivity contribution in [1.29, 1.82) is 0 Å². The molecule has 0 atom stereocenters. The minimum absolute atomic E-state index is 0.261. The van der Waals surface area contributed by atoms with Crippen molar-refractivity contribution in [2.75, 3.05) is 6.61 Å². The Morgan fingerprint density at radius 2 is 1.86 bits per heavy atom. The first-order valence-electron chi connectivity index (χ1n) is 6.75. The van der Waals surface area contributed by atoms with Crippen LogP contribution in [0.1, 0.15) is 11.1 Å². The third-order valence-electron chi connectivity index (χ3n) is 3.04. The summed E-state index contributed by atoms with van der Waals surface area (Å²) < 4.78 is 10.6. The van der Waals surface area contributed by atoms with Crippen LogP contribution < -0.4 is 16.0 Å². The highest BCUT2D eigenvalue weighted by Gasteiger charge is 2.02. The zero-order chi connectivity index (χ0) is 15.9. The molecule has 6 heteroatoms. The lowest BCUT2D eigenvalue weighted by atomic mass is 10.1. The average Bonchev–Trinajstić information content (AvgIpc) is 2.52. The number of hydrazine groups is 1. The van der Waals surface area contributed by atoms with Gasteiger partial charge in [0.2, 0.25) is 0 Å². The highest BCUT2D eigenvalue weighted by atomic mass is 35.5. The maximum Gasteiger partial charge on any atom is 0.421 e. The van der Waals surface area contributed by atoms with Crippen LogP contribution in [0.4, 0.5) is 4.79 Å². The molecular formula is C16H17ClN2O3. The number of carbonyl (C=O) groups is 1. The fraction of sp³-hybridized carbons (Fsp3) is 0.188. The first kappa shape index (κ1) is 16.1. The highest BCUT2D eigenvalue weighted by Crippen LogP contribution is 2.26. The highest BCUT2D eigenvalue weighted by molar-refractivity contribution is 6.31. The maximum absolute atomic E-state index is 10.8. The van der Waals surface area contributed by atoms with Gasteiger partial charge in [0, 0.05) is 11.4 Å². The predicted octanol–water partition coefficient (Wildman–Crippen LogP) is 3.58. The Balaban J connectivity index is 1.91. The number of hydrogen-bond acceptors (Lipinski definition) is 4. The summed E-state index contributed by atoms with van der Waals surface area (Å²) in [5.74, 6) is 6.31. The SMILES string of the molecule is Cc1ccc(Oc2ccc(CCOC(=O)NN)cc2)cc1Cl. The summed E-state index contributed by atoms with van der Waals surface area (Å²) in [5.41, 5.74) is 3.94. The van der Waals surface area contributed by atoms with Crippen LogP contribution in [0.3, 0.4) is 0 Å². The molecule has 0 heterocycles. The van der Waals surface area contributed by atoms with Gasteiger partial charge in [0.1, 0.15) is 11.5 Å². The molecule has 1 amide bonds. The zero-order valence-corrected chi connectivity index (χ0v) is 12.9. The normalized spacial score (nSPS) is 10.1. The van der Waals surface area contributed by atoms with Crippen molar-refractivity contribution >= 4 is 17.7 Å². The number of ether oxygens (including phenoxy) is 2. The Morgan fingerprint density at radius 3 is 2.50 bits per heavy atom. The van der Waals surface area contributed by atoms with Gasteiger partial charge in [-0.05, 0) is 42.3 Å². The summed E-state index contributed by atoms with van der Waals surface area (Å²) in [7, 11) is 0. The molecule has 116 valence electrons. The van der Waals surface area contributed by atoms with E-state index in [9.17, 15) is 4.79 Å². The number of halogens is 1. The number of nitrogens with two attached hydrogens (primary N) is 1. The van der Waals surface area contributed by atoms with Gasteiger partial charge >= 0.3 is 6.09 Å². The van der Waals surface area contributed by atoms with Gasteiger partial charge in [-0.15, -0.1) is 0 Å². The van der Waals surface area contributed by atoms with E-state index in [1.165, 1.54) is 0 Å². The van der Waals surface area contributed by atoms with E-state index in [4.69, 9.17) is 26.9 Å². The fourth-order valence-electron chi connectivity index (χ4n) is 1.80. The van der Waals surface area contributed by atoms with Gasteiger partial charge < -0.3 is 9.47 Å². The van der Waals surface area contributed by atoms with Gasteiger partial charge in [0.15, 0.2) is 0 Å². The second-order valence-electron chi connectivity index (χ2n) is 4.69. The van der Waals surface area contributed by atoms with E-state index in [0.717, 1.165) is 11.1 Å². The third-order valence-corrected chi connectivity index (χ3v) is 3.45. The Bertz CT molecular complexity index is 644. The lowest BCUT2D eigenvalue weighted by Crippen LogP contribution is -2.31. The van der Waals surface area contributed by atoms with Gasteiger partial charge in [-0.1, -0.05) is 29.8 Å².